The van der Waals surface area contributed by atoms with Crippen molar-refractivity contribution in [3.05, 3.63) is 206 Å². The van der Waals surface area contributed by atoms with E-state index in [1.807, 2.05) is 0 Å². The van der Waals surface area contributed by atoms with Crippen molar-refractivity contribution in [2.45, 2.75) is 0 Å². The Kier molecular flexibility index (Phi) is 6.80. The molecule has 4 nitrogen and oxygen atoms in total. The molecule has 0 unspecified atom stereocenters. The van der Waals surface area contributed by atoms with E-state index in [2.05, 4.69) is 215 Å². The third-order valence-corrected chi connectivity index (χ3v) is 13.2. The maximum atomic E-state index is 5.81. The van der Waals surface area contributed by atoms with E-state index in [4.69, 9.17) is 9.97 Å². The topological polar surface area (TPSA) is 35.6 Å². The van der Waals surface area contributed by atoms with Crippen LogP contribution in [0.3, 0.4) is 0 Å². The van der Waals surface area contributed by atoms with Gasteiger partial charge >= 0.3 is 0 Å². The highest BCUT2D eigenvalue weighted by atomic mass is 15.1. The second-order valence-corrected chi connectivity index (χ2v) is 16.5. The standard InChI is InChI=1S/C58H34N4/c1-2-18-38(19-3-1)61-49-27-13-12-25-45(49)53-46(26-14-28-50(53)61)57-58(59-48-31-29-35-15-6-7-20-39(35)56(48)60-57)62-51-32-30-44-42-23-9-8-21-40(42)41-22-10-11-24-43(41)54(44)55(51)47-33-36-16-4-5-17-37(36)34-52(47)62/h1-34H. The Bertz CT molecular complexity index is 4180. The molecule has 0 fully saturated rings. The van der Waals surface area contributed by atoms with Crippen molar-refractivity contribution in [1.29, 1.82) is 0 Å². The van der Waals surface area contributed by atoms with Gasteiger partial charge in [0.05, 0.1) is 33.1 Å². The molecule has 0 amide bonds. The number of hydrogen-bond donors (Lipinski definition) is 0. The van der Waals surface area contributed by atoms with E-state index in [0.717, 1.165) is 72.0 Å². The Balaban J connectivity index is 1.20. The zero-order valence-electron chi connectivity index (χ0n) is 33.4. The second-order valence-electron chi connectivity index (χ2n) is 16.5. The molecule has 0 saturated heterocycles. The fraction of sp³-hybridized carbons (Fsp3) is 0. The molecule has 4 heteroatoms. The Morgan fingerprint density at radius 2 is 0.903 bits per heavy atom. The van der Waals surface area contributed by atoms with E-state index in [9.17, 15) is 0 Å². The lowest BCUT2D eigenvalue weighted by atomic mass is 9.91. The normalized spacial score (nSPS) is 12.2. The Labute approximate surface area is 355 Å². The molecule has 3 heterocycles. The summed E-state index contributed by atoms with van der Waals surface area (Å²) in [5.74, 6) is 0.802. The molecule has 0 spiro atoms. The molecule has 0 N–H and O–H groups in total. The van der Waals surface area contributed by atoms with Crippen LogP contribution in [-0.2, 0) is 0 Å². The fourth-order valence-corrected chi connectivity index (χ4v) is 10.6. The number of benzene rings is 11. The minimum Gasteiger partial charge on any atom is -0.309 e. The molecule has 0 radical (unpaired) electrons. The number of aromatic nitrogens is 4. The zero-order valence-corrected chi connectivity index (χ0v) is 33.4. The van der Waals surface area contributed by atoms with Crippen molar-refractivity contribution in [3.8, 4) is 22.8 Å². The van der Waals surface area contributed by atoms with E-state index in [1.54, 1.807) is 0 Å². The Morgan fingerprint density at radius 3 is 1.69 bits per heavy atom. The molecule has 286 valence electrons. The first-order valence-electron chi connectivity index (χ1n) is 21.3. The van der Waals surface area contributed by atoms with Gasteiger partial charge in [-0.2, -0.15) is 0 Å². The van der Waals surface area contributed by atoms with Crippen molar-refractivity contribution < 1.29 is 0 Å². The van der Waals surface area contributed by atoms with Crippen LogP contribution in [0.1, 0.15) is 0 Å². The SMILES string of the molecule is c1ccc(-n2c3ccccc3c3c(-c4nc5c(ccc6ccccc65)nc4-n4c5cc6ccccc6cc5c5c6c7ccccc7c7ccccc7c6ccc54)cccc32)cc1. The molecular formula is C58H34N4. The summed E-state index contributed by atoms with van der Waals surface area (Å²) in [5.41, 5.74) is 9.20. The first-order valence-corrected chi connectivity index (χ1v) is 21.3. The monoisotopic (exact) mass is 786 g/mol. The molecular weight excluding hydrogens is 753 g/mol. The zero-order chi connectivity index (χ0) is 40.5. The Morgan fingerprint density at radius 1 is 0.306 bits per heavy atom. The molecule has 62 heavy (non-hydrogen) atoms. The molecule has 11 aromatic carbocycles. The number of nitrogens with zero attached hydrogens (tertiary/aromatic N) is 4. The van der Waals surface area contributed by atoms with Gasteiger partial charge in [0.1, 0.15) is 5.69 Å². The van der Waals surface area contributed by atoms with Gasteiger partial charge in [0.2, 0.25) is 0 Å². The van der Waals surface area contributed by atoms with Crippen LogP contribution in [-0.4, -0.2) is 19.1 Å². The van der Waals surface area contributed by atoms with Crippen LogP contribution in [0, 0.1) is 0 Å². The molecule has 0 aliphatic rings. The molecule has 0 aliphatic heterocycles. The molecule has 0 atom stereocenters. The van der Waals surface area contributed by atoms with Gasteiger partial charge in [-0.15, -0.1) is 0 Å². The van der Waals surface area contributed by atoms with Crippen molar-refractivity contribution in [2.24, 2.45) is 0 Å². The fourth-order valence-electron chi connectivity index (χ4n) is 10.6. The van der Waals surface area contributed by atoms with E-state index < -0.39 is 0 Å². The van der Waals surface area contributed by atoms with Crippen LogP contribution < -0.4 is 0 Å². The lowest BCUT2D eigenvalue weighted by molar-refractivity contribution is 1.08. The molecule has 14 aromatic rings. The van der Waals surface area contributed by atoms with Crippen LogP contribution >= 0.6 is 0 Å². The summed E-state index contributed by atoms with van der Waals surface area (Å²) < 4.78 is 4.79. The minimum atomic E-state index is 0.802. The van der Waals surface area contributed by atoms with E-state index in [0.29, 0.717) is 0 Å². The lowest BCUT2D eigenvalue weighted by Gasteiger charge is -2.16. The summed E-state index contributed by atoms with van der Waals surface area (Å²) in [5, 5.41) is 16.9. The molecule has 0 aliphatic carbocycles. The van der Waals surface area contributed by atoms with Crippen LogP contribution in [0.2, 0.25) is 0 Å². The smallest absolute Gasteiger partial charge is 0.165 e. The predicted octanol–water partition coefficient (Wildman–Crippen LogP) is 15.3. The largest absolute Gasteiger partial charge is 0.309 e. The first kappa shape index (κ1) is 33.5. The first-order chi connectivity index (χ1) is 30.8. The van der Waals surface area contributed by atoms with Gasteiger partial charge in [-0.05, 0) is 91.6 Å². The summed E-state index contributed by atoms with van der Waals surface area (Å²) in [6.07, 6.45) is 0. The summed E-state index contributed by atoms with van der Waals surface area (Å²) in [7, 11) is 0. The van der Waals surface area contributed by atoms with Crippen LogP contribution in [0.4, 0.5) is 0 Å². The number of para-hydroxylation sites is 2. The Hall–Kier alpha value is -8.34. The number of hydrogen-bond acceptors (Lipinski definition) is 2. The number of fused-ring (bicyclic) bond motifs is 17. The summed E-state index contributed by atoms with van der Waals surface area (Å²) in [6.45, 7) is 0. The van der Waals surface area contributed by atoms with Crippen molar-refractivity contribution in [2.75, 3.05) is 0 Å². The summed E-state index contributed by atoms with van der Waals surface area (Å²) in [6, 6.07) is 74.8. The number of rotatable bonds is 3. The molecule has 14 rings (SSSR count). The van der Waals surface area contributed by atoms with E-state index in [1.165, 1.54) is 59.2 Å². The van der Waals surface area contributed by atoms with Crippen molar-refractivity contribution >= 4 is 109 Å². The quantitative estimate of drug-likeness (QED) is 0.167. The lowest BCUT2D eigenvalue weighted by Crippen LogP contribution is -2.04. The maximum Gasteiger partial charge on any atom is 0.165 e. The average molecular weight is 787 g/mol. The third kappa shape index (κ3) is 4.55. The van der Waals surface area contributed by atoms with Crippen LogP contribution in [0.15, 0.2) is 206 Å². The highest BCUT2D eigenvalue weighted by Crippen LogP contribution is 2.46. The van der Waals surface area contributed by atoms with Gasteiger partial charge in [0, 0.05) is 43.6 Å². The van der Waals surface area contributed by atoms with Gasteiger partial charge in [0.15, 0.2) is 5.82 Å². The highest BCUT2D eigenvalue weighted by Gasteiger charge is 2.25. The highest BCUT2D eigenvalue weighted by molar-refractivity contribution is 6.36. The van der Waals surface area contributed by atoms with Crippen molar-refractivity contribution in [3.63, 3.8) is 0 Å². The van der Waals surface area contributed by atoms with E-state index >= 15 is 0 Å². The van der Waals surface area contributed by atoms with Gasteiger partial charge < -0.3 is 4.57 Å². The molecule has 3 aromatic heterocycles. The molecule has 0 saturated carbocycles. The second kappa shape index (κ2) is 12.6. The minimum absolute atomic E-state index is 0.802. The average Bonchev–Trinajstić information content (AvgIpc) is 3.85. The predicted molar refractivity (Wildman–Crippen MR) is 261 cm³/mol. The molecule has 0 bridgehead atoms. The third-order valence-electron chi connectivity index (χ3n) is 13.2. The van der Waals surface area contributed by atoms with Gasteiger partial charge in [0.25, 0.3) is 0 Å². The van der Waals surface area contributed by atoms with Gasteiger partial charge in [-0.3, -0.25) is 4.57 Å². The van der Waals surface area contributed by atoms with E-state index in [-0.39, 0.29) is 0 Å². The van der Waals surface area contributed by atoms with Gasteiger partial charge in [-0.1, -0.05) is 158 Å². The van der Waals surface area contributed by atoms with Crippen molar-refractivity contribution in [1.82, 2.24) is 19.1 Å². The maximum absolute atomic E-state index is 5.81. The van der Waals surface area contributed by atoms with Crippen LogP contribution in [0.25, 0.3) is 131 Å². The summed E-state index contributed by atoms with van der Waals surface area (Å²) >= 11 is 0. The van der Waals surface area contributed by atoms with Gasteiger partial charge in [-0.25, -0.2) is 9.97 Å². The van der Waals surface area contributed by atoms with Crippen LogP contribution in [0.5, 0.6) is 0 Å². The summed E-state index contributed by atoms with van der Waals surface area (Å²) in [4.78, 5) is 11.6.